The second kappa shape index (κ2) is 9.60. The van der Waals surface area contributed by atoms with Gasteiger partial charge in [-0.3, -0.25) is 4.79 Å². The lowest BCUT2D eigenvalue weighted by atomic mass is 10.1. The molecule has 0 bridgehead atoms. The van der Waals surface area contributed by atoms with Gasteiger partial charge in [0, 0.05) is 29.7 Å². The normalized spacial score (nSPS) is 11.6. The van der Waals surface area contributed by atoms with Gasteiger partial charge in [0.1, 0.15) is 11.5 Å². The third kappa shape index (κ3) is 5.48. The van der Waals surface area contributed by atoms with Crippen molar-refractivity contribution < 1.29 is 9.18 Å². The summed E-state index contributed by atoms with van der Waals surface area (Å²) in [6.45, 7) is 6.62. The van der Waals surface area contributed by atoms with E-state index in [2.05, 4.69) is 10.6 Å². The van der Waals surface area contributed by atoms with E-state index in [4.69, 9.17) is 21.7 Å². The van der Waals surface area contributed by atoms with Crippen molar-refractivity contribution in [1.82, 2.24) is 19.9 Å². The average Bonchev–Trinajstić information content (AvgIpc) is 3.32. The Morgan fingerprint density at radius 1 is 1.18 bits per heavy atom. The van der Waals surface area contributed by atoms with Gasteiger partial charge in [-0.15, -0.1) is 5.10 Å². The summed E-state index contributed by atoms with van der Waals surface area (Å²) in [7, 11) is 1.81. The van der Waals surface area contributed by atoms with E-state index in [9.17, 15) is 9.18 Å². The zero-order valence-electron chi connectivity index (χ0n) is 19.4. The summed E-state index contributed by atoms with van der Waals surface area (Å²) in [6.07, 6.45) is 0. The minimum absolute atomic E-state index is 0.133. The molecule has 0 saturated heterocycles. The Labute approximate surface area is 206 Å². The Balaban J connectivity index is 1.54. The second-order valence-corrected chi connectivity index (χ2v) is 10.3. The molecule has 2 heterocycles. The lowest BCUT2D eigenvalue weighted by Crippen LogP contribution is -2.34. The van der Waals surface area contributed by atoms with E-state index in [1.807, 2.05) is 46.0 Å². The monoisotopic (exact) mass is 500 g/mol. The SMILES string of the molecule is CN(CC(=O)NCc1ccccc1Cl)c1nn2c(NC(C)(C)C)c(-c3ccc(F)cc3)nc2s1. The van der Waals surface area contributed by atoms with Crippen molar-refractivity contribution in [2.45, 2.75) is 32.9 Å². The van der Waals surface area contributed by atoms with Gasteiger partial charge in [-0.05, 0) is 56.7 Å². The fraction of sp³-hybridized carbons (Fsp3) is 0.292. The first-order valence-electron chi connectivity index (χ1n) is 10.8. The largest absolute Gasteiger partial charge is 0.364 e. The van der Waals surface area contributed by atoms with Crippen LogP contribution >= 0.6 is 22.9 Å². The van der Waals surface area contributed by atoms with Gasteiger partial charge in [-0.25, -0.2) is 9.37 Å². The number of benzene rings is 2. The van der Waals surface area contributed by atoms with E-state index in [0.29, 0.717) is 33.2 Å². The molecular weight excluding hydrogens is 475 g/mol. The number of carbonyl (C=O) groups is 1. The highest BCUT2D eigenvalue weighted by molar-refractivity contribution is 7.20. The number of fused-ring (bicyclic) bond motifs is 1. The van der Waals surface area contributed by atoms with Crippen LogP contribution in [0.1, 0.15) is 26.3 Å². The Kier molecular flexibility index (Phi) is 6.77. The van der Waals surface area contributed by atoms with Crippen LogP contribution in [-0.2, 0) is 11.3 Å². The van der Waals surface area contributed by atoms with Gasteiger partial charge in [0.05, 0.1) is 6.54 Å². The molecule has 0 saturated carbocycles. The Morgan fingerprint density at radius 3 is 2.56 bits per heavy atom. The molecule has 10 heteroatoms. The molecule has 7 nitrogen and oxygen atoms in total. The molecule has 2 N–H and O–H groups in total. The minimum atomic E-state index is -0.301. The van der Waals surface area contributed by atoms with E-state index >= 15 is 0 Å². The summed E-state index contributed by atoms with van der Waals surface area (Å²) < 4.78 is 15.2. The van der Waals surface area contributed by atoms with Gasteiger partial charge >= 0.3 is 0 Å². The lowest BCUT2D eigenvalue weighted by molar-refractivity contribution is -0.119. The van der Waals surface area contributed by atoms with Gasteiger partial charge in [-0.2, -0.15) is 4.52 Å². The van der Waals surface area contributed by atoms with E-state index < -0.39 is 0 Å². The van der Waals surface area contributed by atoms with Crippen LogP contribution in [0, 0.1) is 5.82 Å². The molecule has 0 unspecified atom stereocenters. The van der Waals surface area contributed by atoms with Crippen LogP contribution in [0.15, 0.2) is 48.5 Å². The summed E-state index contributed by atoms with van der Waals surface area (Å²) in [4.78, 5) is 19.7. The van der Waals surface area contributed by atoms with Crippen molar-refractivity contribution in [3.8, 4) is 11.3 Å². The zero-order chi connectivity index (χ0) is 24.5. The van der Waals surface area contributed by atoms with Gasteiger partial charge in [-0.1, -0.05) is 41.1 Å². The summed E-state index contributed by atoms with van der Waals surface area (Å²) in [5.41, 5.74) is 2.10. The third-order valence-corrected chi connectivity index (χ3v) is 6.34. The summed E-state index contributed by atoms with van der Waals surface area (Å²) in [5, 5.41) is 12.3. The molecule has 0 aliphatic carbocycles. The van der Waals surface area contributed by atoms with Crippen molar-refractivity contribution in [1.29, 1.82) is 0 Å². The van der Waals surface area contributed by atoms with Crippen LogP contribution in [-0.4, -0.2) is 39.6 Å². The molecule has 0 aliphatic rings. The minimum Gasteiger partial charge on any atom is -0.364 e. The van der Waals surface area contributed by atoms with E-state index in [-0.39, 0.29) is 23.8 Å². The number of imidazole rings is 1. The van der Waals surface area contributed by atoms with Crippen LogP contribution in [0.5, 0.6) is 0 Å². The zero-order valence-corrected chi connectivity index (χ0v) is 21.0. The van der Waals surface area contributed by atoms with Gasteiger partial charge in [0.25, 0.3) is 0 Å². The molecule has 0 aliphatic heterocycles. The highest BCUT2D eigenvalue weighted by Gasteiger charge is 2.23. The fourth-order valence-corrected chi connectivity index (χ4v) is 4.41. The number of likely N-dealkylation sites (N-methyl/N-ethyl adjacent to an activating group) is 1. The topological polar surface area (TPSA) is 74.6 Å². The van der Waals surface area contributed by atoms with Crippen molar-refractivity contribution >= 4 is 44.8 Å². The van der Waals surface area contributed by atoms with Crippen LogP contribution in [0.25, 0.3) is 16.2 Å². The molecule has 0 spiro atoms. The highest BCUT2D eigenvalue weighted by atomic mass is 35.5. The molecule has 34 heavy (non-hydrogen) atoms. The summed E-state index contributed by atoms with van der Waals surface area (Å²) in [5.74, 6) is 0.272. The predicted octanol–water partition coefficient (Wildman–Crippen LogP) is 5.21. The molecule has 4 rings (SSSR count). The molecule has 4 aromatic rings. The summed E-state index contributed by atoms with van der Waals surface area (Å²) >= 11 is 7.54. The van der Waals surface area contributed by atoms with Crippen LogP contribution in [0.2, 0.25) is 5.02 Å². The first-order valence-corrected chi connectivity index (χ1v) is 11.9. The van der Waals surface area contributed by atoms with Crippen molar-refractivity contribution in [3.05, 3.63) is 64.9 Å². The van der Waals surface area contributed by atoms with Gasteiger partial charge in [0.2, 0.25) is 16.0 Å². The highest BCUT2D eigenvalue weighted by Crippen LogP contribution is 2.34. The molecule has 2 aromatic heterocycles. The molecular formula is C24H26ClFN6OS. The quantitative estimate of drug-likeness (QED) is 0.364. The maximum atomic E-state index is 13.4. The second-order valence-electron chi connectivity index (χ2n) is 8.99. The maximum absolute atomic E-state index is 13.4. The maximum Gasteiger partial charge on any atom is 0.239 e. The van der Waals surface area contributed by atoms with E-state index in [1.165, 1.54) is 23.5 Å². The number of nitrogens with one attached hydrogen (secondary N) is 2. The van der Waals surface area contributed by atoms with Crippen LogP contribution in [0.3, 0.4) is 0 Å². The molecule has 1 amide bonds. The number of hydrogen-bond acceptors (Lipinski definition) is 6. The lowest BCUT2D eigenvalue weighted by Gasteiger charge is -2.22. The molecule has 2 aromatic carbocycles. The predicted molar refractivity (Wildman–Crippen MR) is 136 cm³/mol. The number of amides is 1. The Hall–Kier alpha value is -3.17. The van der Waals surface area contributed by atoms with E-state index in [0.717, 1.165) is 11.1 Å². The van der Waals surface area contributed by atoms with Crippen LogP contribution < -0.4 is 15.5 Å². The number of carbonyl (C=O) groups excluding carboxylic acids is 1. The molecule has 0 fully saturated rings. The molecule has 178 valence electrons. The van der Waals surface area contributed by atoms with Crippen molar-refractivity contribution in [2.24, 2.45) is 0 Å². The number of halogens is 2. The van der Waals surface area contributed by atoms with Gasteiger partial charge in [0.15, 0.2) is 5.82 Å². The number of rotatable bonds is 7. The Morgan fingerprint density at radius 2 is 1.88 bits per heavy atom. The van der Waals surface area contributed by atoms with Crippen LogP contribution in [0.4, 0.5) is 15.3 Å². The molecule has 0 atom stereocenters. The fourth-order valence-electron chi connectivity index (χ4n) is 3.34. The number of hydrogen-bond donors (Lipinski definition) is 2. The summed E-state index contributed by atoms with van der Waals surface area (Å²) in [6, 6.07) is 13.6. The smallest absolute Gasteiger partial charge is 0.239 e. The molecule has 0 radical (unpaired) electrons. The first-order chi connectivity index (χ1) is 16.1. The standard InChI is InChI=1S/C24H26ClFN6OS/c1-24(2,3)29-21-20(15-9-11-17(26)12-10-15)28-22-32(21)30-23(34-22)31(4)14-19(33)27-13-16-7-5-6-8-18(16)25/h5-12,29H,13-14H2,1-4H3,(H,27,33). The number of nitrogens with zero attached hydrogens (tertiary/aromatic N) is 4. The number of anilines is 2. The van der Waals surface area contributed by atoms with Crippen molar-refractivity contribution in [3.63, 3.8) is 0 Å². The van der Waals surface area contributed by atoms with E-state index in [1.54, 1.807) is 27.6 Å². The van der Waals surface area contributed by atoms with Crippen molar-refractivity contribution in [2.75, 3.05) is 23.8 Å². The Bertz CT molecular complexity index is 1310. The third-order valence-electron chi connectivity index (χ3n) is 4.95. The number of aromatic nitrogens is 3. The average molecular weight is 501 g/mol. The first kappa shape index (κ1) is 24.0. The van der Waals surface area contributed by atoms with Gasteiger partial charge < -0.3 is 15.5 Å².